The molecule has 0 unspecified atom stereocenters. The normalized spacial score (nSPS) is 14.3. The van der Waals surface area contributed by atoms with Gasteiger partial charge in [0, 0.05) is 50.2 Å². The van der Waals surface area contributed by atoms with Crippen molar-refractivity contribution in [3.8, 4) is 10.6 Å². The number of rotatable bonds is 4. The van der Waals surface area contributed by atoms with E-state index >= 15 is 0 Å². The molecule has 202 valence electrons. The van der Waals surface area contributed by atoms with E-state index in [1.54, 1.807) is 0 Å². The number of para-hydroxylation sites is 2. The summed E-state index contributed by atoms with van der Waals surface area (Å²) in [6, 6.07) is 28.8. The summed E-state index contributed by atoms with van der Waals surface area (Å²) in [5.41, 5.74) is 5.33. The van der Waals surface area contributed by atoms with Gasteiger partial charge in [-0.15, -0.1) is 11.3 Å². The zero-order chi connectivity index (χ0) is 35.3. The second kappa shape index (κ2) is 9.55. The van der Waals surface area contributed by atoms with Crippen LogP contribution in [0.4, 0.5) is 17.1 Å². The van der Waals surface area contributed by atoms with Crippen molar-refractivity contribution < 1.29 is 15.4 Å². The van der Waals surface area contributed by atoms with Gasteiger partial charge in [0.1, 0.15) is 16.2 Å². The summed E-state index contributed by atoms with van der Waals surface area (Å²) in [7, 11) is 0. The van der Waals surface area contributed by atoms with Gasteiger partial charge in [0.05, 0.1) is 21.2 Å². The Bertz CT molecular complexity index is 2810. The fourth-order valence-corrected chi connectivity index (χ4v) is 6.85. The highest BCUT2D eigenvalue weighted by Crippen LogP contribution is 2.42. The molecule has 9 rings (SSSR count). The van der Waals surface area contributed by atoms with Crippen LogP contribution < -0.4 is 4.90 Å². The quantitative estimate of drug-likeness (QED) is 0.195. The maximum absolute atomic E-state index is 8.82. The van der Waals surface area contributed by atoms with Crippen molar-refractivity contribution in [2.45, 2.75) is 0 Å². The summed E-state index contributed by atoms with van der Waals surface area (Å²) in [6.45, 7) is 0. The largest absolute Gasteiger partial charge is 0.456 e. The number of furan rings is 1. The minimum Gasteiger partial charge on any atom is -0.456 e. The first-order chi connectivity index (χ1) is 24.6. The molecule has 0 spiro atoms. The Balaban J connectivity index is 1.23. The third kappa shape index (κ3) is 3.84. The zero-order valence-electron chi connectivity index (χ0n) is 30.4. The van der Waals surface area contributed by atoms with Crippen LogP contribution >= 0.6 is 11.3 Å². The molecule has 0 saturated carbocycles. The monoisotopic (exact) mass is 576 g/mol. The van der Waals surface area contributed by atoms with Crippen LogP contribution in [-0.2, 0) is 0 Å². The van der Waals surface area contributed by atoms with Crippen LogP contribution in [-0.4, -0.2) is 4.98 Å². The average molecular weight is 577 g/mol. The van der Waals surface area contributed by atoms with Crippen molar-refractivity contribution in [3.05, 3.63) is 145 Å². The molecule has 0 aliphatic carbocycles. The molecular weight excluding hydrogens is 545 g/mol. The maximum Gasteiger partial charge on any atom is 0.137 e. The average Bonchev–Trinajstić information content (AvgIpc) is 3.76. The summed E-state index contributed by atoms with van der Waals surface area (Å²) in [5, 5.41) is 3.03. The molecule has 3 nitrogen and oxygen atoms in total. The van der Waals surface area contributed by atoms with Crippen molar-refractivity contribution >= 4 is 82.1 Å². The Hall–Kier alpha value is -5.45. The number of aromatic nitrogens is 1. The molecule has 0 radical (unpaired) electrons. The molecule has 9 aromatic rings. The molecule has 0 fully saturated rings. The van der Waals surface area contributed by atoms with Gasteiger partial charge < -0.3 is 9.32 Å². The summed E-state index contributed by atoms with van der Waals surface area (Å²) in [5.74, 6) is 0. The molecule has 2 heterocycles. The maximum atomic E-state index is 8.82. The lowest BCUT2D eigenvalue weighted by Gasteiger charge is -2.25. The van der Waals surface area contributed by atoms with Crippen molar-refractivity contribution in [2.24, 2.45) is 0 Å². The highest BCUT2D eigenvalue weighted by atomic mass is 32.1. The summed E-state index contributed by atoms with van der Waals surface area (Å²) < 4.78 is 75.2. The second-order valence-corrected chi connectivity index (χ2v) is 11.2. The van der Waals surface area contributed by atoms with Crippen LogP contribution in [0.25, 0.3) is 64.3 Å². The summed E-state index contributed by atoms with van der Waals surface area (Å²) >= 11 is 1.23. The molecule has 0 aliphatic rings. The predicted molar refractivity (Wildman–Crippen MR) is 182 cm³/mol. The van der Waals surface area contributed by atoms with Crippen LogP contribution in [0, 0.1) is 0 Å². The molecule has 43 heavy (non-hydrogen) atoms. The Morgan fingerprint density at radius 3 is 2.00 bits per heavy atom. The van der Waals surface area contributed by atoms with Crippen molar-refractivity contribution in [1.29, 1.82) is 0 Å². The number of fused-ring (bicyclic) bond motifs is 9. The molecule has 0 amide bonds. The van der Waals surface area contributed by atoms with E-state index in [1.807, 2.05) is 84.9 Å². The predicted octanol–water partition coefficient (Wildman–Crippen LogP) is 11.6. The molecule has 4 heteroatoms. The molecule has 0 atom stereocenters. The number of anilines is 3. The van der Waals surface area contributed by atoms with Gasteiger partial charge in [0.15, 0.2) is 0 Å². The molecular formula is C39H24N2OS. The van der Waals surface area contributed by atoms with E-state index in [-0.39, 0.29) is 51.2 Å². The van der Waals surface area contributed by atoms with Crippen LogP contribution in [0.15, 0.2) is 150 Å². The van der Waals surface area contributed by atoms with E-state index in [4.69, 9.17) is 20.4 Å². The topological polar surface area (TPSA) is 29.3 Å². The van der Waals surface area contributed by atoms with Crippen LogP contribution in [0.3, 0.4) is 0 Å². The van der Waals surface area contributed by atoms with E-state index in [2.05, 4.69) is 17.0 Å². The first-order valence-electron chi connectivity index (χ1n) is 17.7. The highest BCUT2D eigenvalue weighted by Gasteiger charge is 2.17. The minimum absolute atomic E-state index is 0.0302. The number of nitrogens with zero attached hydrogens (tertiary/aromatic N) is 2. The number of hydrogen-bond acceptors (Lipinski definition) is 4. The summed E-state index contributed by atoms with van der Waals surface area (Å²) in [6.07, 6.45) is 0. The third-order valence-corrected chi connectivity index (χ3v) is 8.85. The van der Waals surface area contributed by atoms with E-state index in [9.17, 15) is 0 Å². The Kier molecular flexibility index (Phi) is 3.88. The fraction of sp³-hybridized carbons (Fsp3) is 0. The van der Waals surface area contributed by atoms with Gasteiger partial charge in [0.25, 0.3) is 0 Å². The SMILES string of the molecule is [2H]c1c([2H])c([2H])c2c(c1[2H])c1nc(-c3ccc(N(c4ccccc4)c4ccc5c(c4)oc4ccccc45)cc3)sc1c1c([2H])c([2H])c([2H])c([2H])c12. The lowest BCUT2D eigenvalue weighted by Crippen LogP contribution is -2.09. The Morgan fingerprint density at radius 2 is 1.19 bits per heavy atom. The molecule has 0 saturated heterocycles. The van der Waals surface area contributed by atoms with Gasteiger partial charge in [0.2, 0.25) is 0 Å². The molecule has 2 aromatic heterocycles. The number of hydrogen-bond donors (Lipinski definition) is 0. The van der Waals surface area contributed by atoms with E-state index in [0.29, 0.717) is 9.71 Å². The van der Waals surface area contributed by atoms with Gasteiger partial charge in [-0.25, -0.2) is 4.98 Å². The van der Waals surface area contributed by atoms with Crippen molar-refractivity contribution in [2.75, 3.05) is 4.90 Å². The minimum atomic E-state index is -0.478. The number of thiazole rings is 1. The van der Waals surface area contributed by atoms with Gasteiger partial charge in [-0.2, -0.15) is 0 Å². The summed E-state index contributed by atoms with van der Waals surface area (Å²) in [4.78, 5) is 7.02. The standard InChI is InChI=1S/C39H24N2OS/c1-2-10-26(11-3-1)41(28-22-23-32-31-14-8-9-17-35(31)42-36(32)24-28)27-20-18-25(19-21-27)39-40-37-33-15-6-4-12-29(33)30-13-5-7-16-34(30)38(37)43-39/h1-24H/i4D,5D,6D,7D,12D,13D,15D,16D. The second-order valence-electron chi connectivity index (χ2n) is 10.2. The third-order valence-electron chi connectivity index (χ3n) is 7.72. The lowest BCUT2D eigenvalue weighted by molar-refractivity contribution is 0.669. The molecule has 0 bridgehead atoms. The van der Waals surface area contributed by atoms with Crippen LogP contribution in [0.2, 0.25) is 0 Å². The van der Waals surface area contributed by atoms with E-state index in [0.717, 1.165) is 44.6 Å². The molecule has 0 aliphatic heterocycles. The number of benzene rings is 7. The lowest BCUT2D eigenvalue weighted by atomic mass is 10.0. The van der Waals surface area contributed by atoms with Gasteiger partial charge in [-0.3, -0.25) is 0 Å². The molecule has 0 N–H and O–H groups in total. The first-order valence-corrected chi connectivity index (χ1v) is 14.5. The van der Waals surface area contributed by atoms with E-state index < -0.39 is 24.2 Å². The Morgan fingerprint density at radius 1 is 0.558 bits per heavy atom. The van der Waals surface area contributed by atoms with Gasteiger partial charge >= 0.3 is 0 Å². The van der Waals surface area contributed by atoms with Gasteiger partial charge in [-0.1, -0.05) is 84.7 Å². The smallest absolute Gasteiger partial charge is 0.137 e. The molecule has 7 aromatic carbocycles. The van der Waals surface area contributed by atoms with E-state index in [1.165, 1.54) is 11.3 Å². The van der Waals surface area contributed by atoms with Gasteiger partial charge in [-0.05, 0) is 65.4 Å². The Labute approximate surface area is 263 Å². The highest BCUT2D eigenvalue weighted by molar-refractivity contribution is 7.22. The first kappa shape index (κ1) is 17.5. The van der Waals surface area contributed by atoms with Crippen molar-refractivity contribution in [3.63, 3.8) is 0 Å². The fourth-order valence-electron chi connectivity index (χ4n) is 5.76. The van der Waals surface area contributed by atoms with Crippen LogP contribution in [0.5, 0.6) is 0 Å². The van der Waals surface area contributed by atoms with Crippen LogP contribution in [0.1, 0.15) is 11.0 Å². The van der Waals surface area contributed by atoms with Crippen molar-refractivity contribution in [1.82, 2.24) is 4.98 Å². The zero-order valence-corrected chi connectivity index (χ0v) is 23.3.